The van der Waals surface area contributed by atoms with Crippen LogP contribution in [0.15, 0.2) is 91.0 Å². The second-order valence-electron chi connectivity index (χ2n) is 18.2. The van der Waals surface area contributed by atoms with E-state index in [9.17, 15) is 39.2 Å². The van der Waals surface area contributed by atoms with Gasteiger partial charge in [0.2, 0.25) is 35.1 Å². The van der Waals surface area contributed by atoms with Gasteiger partial charge in [-0.1, -0.05) is 139 Å². The number of amides is 4. The highest BCUT2D eigenvalue weighted by molar-refractivity contribution is 5.94. The second-order valence-corrected chi connectivity index (χ2v) is 18.2. The topological polar surface area (TPSA) is 251 Å². The number of carbonyl (C=O) groups excluding carboxylic acids is 4. The Morgan fingerprint density at radius 3 is 2.11 bits per heavy atom. The Bertz CT molecular complexity index is 2380. The van der Waals surface area contributed by atoms with Gasteiger partial charge in [-0.05, 0) is 59.2 Å². The average Bonchev–Trinajstić information content (AvgIpc) is 3.33. The average molecular weight is 965 g/mol. The van der Waals surface area contributed by atoms with Crippen molar-refractivity contribution in [2.45, 2.75) is 141 Å². The highest BCUT2D eigenvalue weighted by Gasteiger charge is 2.37. The van der Waals surface area contributed by atoms with Crippen molar-refractivity contribution in [3.05, 3.63) is 123 Å². The molecule has 4 amide bonds. The number of nitro benzene ring substituents is 1. The molecule has 0 saturated carbocycles. The highest BCUT2D eigenvalue weighted by Crippen LogP contribution is 2.45. The molecule has 0 aromatic heterocycles. The molecule has 2 heterocycles. The minimum Gasteiger partial charge on any atom is -0.490 e. The number of hydrogen-bond donors (Lipinski definition) is 6. The lowest BCUT2D eigenvalue weighted by atomic mass is 9.96. The fourth-order valence-corrected chi connectivity index (χ4v) is 8.35. The first-order valence-corrected chi connectivity index (χ1v) is 24.2. The van der Waals surface area contributed by atoms with Crippen LogP contribution in [0, 0.1) is 16.0 Å². The van der Waals surface area contributed by atoms with Gasteiger partial charge in [0.1, 0.15) is 18.7 Å². The second kappa shape index (κ2) is 27.2. The van der Waals surface area contributed by atoms with Crippen LogP contribution in [0.4, 0.5) is 5.69 Å². The highest BCUT2D eigenvalue weighted by atomic mass is 16.6. The van der Waals surface area contributed by atoms with Crippen molar-refractivity contribution >= 4 is 35.3 Å². The number of nitrogens with two attached hydrogens (primary N) is 1. The molecule has 376 valence electrons. The van der Waals surface area contributed by atoms with Crippen molar-refractivity contribution < 1.29 is 48.2 Å². The maximum atomic E-state index is 14.9. The van der Waals surface area contributed by atoms with Gasteiger partial charge in [0, 0.05) is 25.3 Å². The first kappa shape index (κ1) is 53.9. The minimum absolute atomic E-state index is 0.00490. The van der Waals surface area contributed by atoms with Crippen molar-refractivity contribution in [1.82, 2.24) is 21.3 Å². The van der Waals surface area contributed by atoms with Crippen molar-refractivity contribution in [3.8, 4) is 23.0 Å². The summed E-state index contributed by atoms with van der Waals surface area (Å²) >= 11 is 0. The van der Waals surface area contributed by atoms with E-state index in [1.165, 1.54) is 50.3 Å². The zero-order chi connectivity index (χ0) is 50.6. The van der Waals surface area contributed by atoms with E-state index in [0.29, 0.717) is 18.4 Å². The maximum absolute atomic E-state index is 14.9. The van der Waals surface area contributed by atoms with E-state index in [4.69, 9.17) is 19.9 Å². The molecule has 2 aliphatic heterocycles. The number of unbranched alkanes of at least 4 members (excludes halogenated alkanes) is 8. The van der Waals surface area contributed by atoms with Gasteiger partial charge in [-0.2, -0.15) is 0 Å². The third kappa shape index (κ3) is 16.3. The number of carboxylic acids is 1. The zero-order valence-corrected chi connectivity index (χ0v) is 40.6. The summed E-state index contributed by atoms with van der Waals surface area (Å²) in [5.41, 5.74) is 7.43. The van der Waals surface area contributed by atoms with Gasteiger partial charge in [-0.3, -0.25) is 29.3 Å². The lowest BCUT2D eigenvalue weighted by Crippen LogP contribution is -2.58. The molecule has 2 aliphatic rings. The fraction of sp³-hybridized carbons (Fsp3) is 0.453. The van der Waals surface area contributed by atoms with Crippen LogP contribution in [0.25, 0.3) is 0 Å². The number of hydrogen-bond acceptors (Lipinski definition) is 11. The maximum Gasteiger partial charge on any atom is 0.328 e. The zero-order valence-electron chi connectivity index (χ0n) is 40.6. The van der Waals surface area contributed by atoms with Gasteiger partial charge < -0.3 is 46.3 Å². The summed E-state index contributed by atoms with van der Waals surface area (Å²) in [5.74, 6) is -4.74. The molecule has 7 N–H and O–H groups in total. The molecule has 17 nitrogen and oxygen atoms in total. The number of nitro groups is 1. The van der Waals surface area contributed by atoms with Crippen LogP contribution in [0.5, 0.6) is 23.0 Å². The van der Waals surface area contributed by atoms with Gasteiger partial charge in [0.25, 0.3) is 0 Å². The van der Waals surface area contributed by atoms with E-state index in [0.717, 1.165) is 44.1 Å². The monoisotopic (exact) mass is 964 g/mol. The molecular weight excluding hydrogens is 897 g/mol. The first-order valence-electron chi connectivity index (χ1n) is 24.2. The van der Waals surface area contributed by atoms with E-state index >= 15 is 0 Å². The Morgan fingerprint density at radius 2 is 1.50 bits per heavy atom. The standard InChI is InChI=1S/C53H68N6O11/c1-5-6-7-8-9-10-11-12-19-24-46(60)57-48(53(64)65)47-38-31-44(69-33-36-22-17-14-18-23-36)49(68-4)45(32-38)70-43-26-25-37(30-42(43)59(66)67)29-41(55-50(61)39(54)27-34(2)3)51(62)56-40(52(63)58-47)28-35-20-15-13-16-21-35/h13-18,20-23,25-26,30-32,34,39-41,47-48H,5-12,19,24,27-29,33,54H2,1-4H3,(H,55,61)(H,56,62)(H,57,60)(H,58,63)(H,64,65)/t39-,40-,41+,47-,48+/m1/s1. The van der Waals surface area contributed by atoms with Gasteiger partial charge in [0.05, 0.1) is 24.1 Å². The van der Waals surface area contributed by atoms with E-state index in [1.54, 1.807) is 30.3 Å². The summed E-state index contributed by atoms with van der Waals surface area (Å²) in [6.07, 6.45) is 8.98. The Labute approximate surface area is 409 Å². The van der Waals surface area contributed by atoms with E-state index in [-0.39, 0.29) is 65.9 Å². The van der Waals surface area contributed by atoms with Crippen LogP contribution >= 0.6 is 0 Å². The molecule has 70 heavy (non-hydrogen) atoms. The number of ether oxygens (including phenoxy) is 3. The van der Waals surface area contributed by atoms with Crippen molar-refractivity contribution in [2.24, 2.45) is 11.7 Å². The molecule has 0 spiro atoms. The first-order chi connectivity index (χ1) is 33.7. The number of methoxy groups -OCH3 is 1. The molecule has 4 bridgehead atoms. The summed E-state index contributed by atoms with van der Waals surface area (Å²) in [6, 6.07) is 17.6. The quantitative estimate of drug-likeness (QED) is 0.0224. The predicted molar refractivity (Wildman–Crippen MR) is 264 cm³/mol. The van der Waals surface area contributed by atoms with Crippen molar-refractivity contribution in [3.63, 3.8) is 0 Å². The molecule has 0 fully saturated rings. The van der Waals surface area contributed by atoms with Gasteiger partial charge in [0.15, 0.2) is 17.5 Å². The SMILES string of the molecule is CCCCCCCCCCCC(=O)N[C@H](C(=O)O)[C@@H]1NC(=O)[C@@H](Cc2ccccc2)NC(=O)[C@@H](NC(=O)[C@H](N)CC(C)C)Cc2ccc(c([N+](=O)[O-])c2)Oc2cc1cc(OCc1ccccc1)c2OC. The smallest absolute Gasteiger partial charge is 0.328 e. The number of aliphatic carboxylic acids is 1. The van der Waals surface area contributed by atoms with Crippen molar-refractivity contribution in [2.75, 3.05) is 7.11 Å². The molecule has 4 aromatic rings. The Hall–Kier alpha value is -7.01. The summed E-state index contributed by atoms with van der Waals surface area (Å²) in [6.45, 7) is 5.94. The molecule has 0 radical (unpaired) electrons. The summed E-state index contributed by atoms with van der Waals surface area (Å²) in [4.78, 5) is 82.2. The Balaban J connectivity index is 1.64. The van der Waals surface area contributed by atoms with Crippen LogP contribution < -0.4 is 41.2 Å². The molecule has 6 rings (SSSR count). The molecular formula is C53H68N6O11. The molecule has 4 aromatic carbocycles. The molecule has 0 saturated heterocycles. The number of nitrogens with one attached hydrogen (secondary N) is 4. The molecule has 0 aliphatic carbocycles. The van der Waals surface area contributed by atoms with Gasteiger partial charge in [-0.15, -0.1) is 0 Å². The van der Waals surface area contributed by atoms with E-state index < -0.39 is 70.4 Å². The molecule has 5 atom stereocenters. The Morgan fingerprint density at radius 1 is 0.857 bits per heavy atom. The fourth-order valence-electron chi connectivity index (χ4n) is 8.35. The van der Waals surface area contributed by atoms with Crippen LogP contribution in [0.3, 0.4) is 0 Å². The molecule has 17 heteroatoms. The number of carboxylic acid groups (broad SMARTS) is 1. The number of nitrogens with zero attached hydrogens (tertiary/aromatic N) is 1. The summed E-state index contributed by atoms with van der Waals surface area (Å²) in [5, 5.41) is 34.7. The number of rotatable bonds is 24. The summed E-state index contributed by atoms with van der Waals surface area (Å²) < 4.78 is 18.4. The number of benzene rings is 4. The minimum atomic E-state index is -1.81. The lowest BCUT2D eigenvalue weighted by molar-refractivity contribution is -0.385. The summed E-state index contributed by atoms with van der Waals surface area (Å²) in [7, 11) is 1.34. The predicted octanol–water partition coefficient (Wildman–Crippen LogP) is 7.76. The third-order valence-electron chi connectivity index (χ3n) is 12.1. The van der Waals surface area contributed by atoms with Crippen LogP contribution in [-0.4, -0.2) is 70.9 Å². The van der Waals surface area contributed by atoms with E-state index in [1.807, 2.05) is 44.2 Å². The third-order valence-corrected chi connectivity index (χ3v) is 12.1. The lowest BCUT2D eigenvalue weighted by Gasteiger charge is -2.30. The Kier molecular flexibility index (Phi) is 21.0. The van der Waals surface area contributed by atoms with Crippen LogP contribution in [-0.2, 0) is 43.4 Å². The van der Waals surface area contributed by atoms with E-state index in [2.05, 4.69) is 28.2 Å². The van der Waals surface area contributed by atoms with Gasteiger partial charge >= 0.3 is 11.7 Å². The van der Waals surface area contributed by atoms with Crippen LogP contribution in [0.1, 0.15) is 120 Å². The number of carbonyl (C=O) groups is 5. The largest absolute Gasteiger partial charge is 0.490 e. The van der Waals surface area contributed by atoms with Crippen LogP contribution in [0.2, 0.25) is 0 Å². The van der Waals surface area contributed by atoms with Crippen molar-refractivity contribution in [1.29, 1.82) is 0 Å². The molecule has 0 unspecified atom stereocenters. The number of fused-ring (bicyclic) bond motifs is 9. The van der Waals surface area contributed by atoms with Gasteiger partial charge in [-0.25, -0.2) is 4.79 Å². The normalized spacial score (nSPS) is 16.8.